The van der Waals surface area contributed by atoms with Crippen LogP contribution in [-0.2, 0) is 28.6 Å². The highest BCUT2D eigenvalue weighted by molar-refractivity contribution is 8.00. The lowest BCUT2D eigenvalue weighted by Gasteiger charge is -2.44. The van der Waals surface area contributed by atoms with Gasteiger partial charge in [-0.15, -0.1) is 11.8 Å². The van der Waals surface area contributed by atoms with E-state index in [0.717, 1.165) is 25.8 Å². The number of aliphatic hydroxyl groups is 3. The van der Waals surface area contributed by atoms with Crippen LogP contribution >= 0.6 is 11.8 Å². The van der Waals surface area contributed by atoms with Crippen LogP contribution in [0.25, 0.3) is 0 Å². The normalized spacial score (nSPS) is 39.7. The number of aliphatic hydroxyl groups excluding tert-OH is 3. The predicted octanol–water partition coefficient (Wildman–Crippen LogP) is 0.424. The second kappa shape index (κ2) is 16.2. The summed E-state index contributed by atoms with van der Waals surface area (Å²) >= 11 is 1.25. The quantitative estimate of drug-likeness (QED) is 0.140. The first-order chi connectivity index (χ1) is 19.5. The van der Waals surface area contributed by atoms with Crippen LogP contribution < -0.4 is 10.6 Å². The van der Waals surface area contributed by atoms with Gasteiger partial charge in [0.15, 0.2) is 0 Å². The van der Waals surface area contributed by atoms with Crippen molar-refractivity contribution >= 4 is 30.1 Å². The van der Waals surface area contributed by atoms with Crippen molar-refractivity contribution in [3.8, 4) is 0 Å². The number of amides is 1. The minimum atomic E-state index is -1.44. The first kappa shape index (κ1) is 33.8. The Balaban J connectivity index is 0.00000147. The Morgan fingerprint density at radius 2 is 1.85 bits per heavy atom. The number of allylic oxidation sites excluding steroid dienone is 1. The number of carboxylic acid groups (broad SMARTS) is 1. The van der Waals surface area contributed by atoms with Gasteiger partial charge < -0.3 is 45.3 Å². The molecule has 0 spiro atoms. The molecule has 0 radical (unpaired) electrons. The van der Waals surface area contributed by atoms with Crippen molar-refractivity contribution in [1.29, 1.82) is 0 Å². The summed E-state index contributed by atoms with van der Waals surface area (Å²) < 4.78 is 17.5. The summed E-state index contributed by atoms with van der Waals surface area (Å²) in [5.41, 5.74) is -0.859. The van der Waals surface area contributed by atoms with Crippen LogP contribution in [0.4, 0.5) is 0 Å². The Hall–Kier alpha value is -1.74. The molecule has 0 unspecified atom stereocenters. The fraction of sp³-hybridized carbons (Fsp3) is 0.821. The van der Waals surface area contributed by atoms with E-state index in [1.807, 2.05) is 12.2 Å². The lowest BCUT2D eigenvalue weighted by Crippen LogP contribution is -2.64. The standard InChI is InChI=1S/C27H44N2O8S.CH2O2/c1-14(2)10-16-8-9-35-24-17(11-16)12-28-20(24)26(34)29-19-7-5-4-6-18(13-36-15(3)30)38-27-23(33)21(31)22(32)25(19)37-27;2-1-3/h4-5,14,16-25,27-28,31-33H,6-13H2,1-3H3,(H,29,34);1H,(H,2,3)/b5-4-;/t16-,17-,18-,19+,20-,21-,22+,23+,24+,25+,27+;/m0./s1. The molecule has 0 saturated carbocycles. The van der Waals surface area contributed by atoms with Gasteiger partial charge in [-0.05, 0) is 49.9 Å². The Kier molecular flexibility index (Phi) is 13.3. The van der Waals surface area contributed by atoms with E-state index in [1.165, 1.54) is 18.7 Å². The number of ether oxygens (including phenoxy) is 3. The summed E-state index contributed by atoms with van der Waals surface area (Å²) in [4.78, 5) is 33.2. The first-order valence-corrected chi connectivity index (χ1v) is 15.4. The molecular formula is C28H46N2O10S. The zero-order valence-electron chi connectivity index (χ0n) is 24.0. The van der Waals surface area contributed by atoms with Crippen molar-refractivity contribution < 1.29 is 49.0 Å². The molecule has 234 valence electrons. The molecule has 4 rings (SSSR count). The molecule has 3 fully saturated rings. The Bertz CT molecular complexity index is 892. The van der Waals surface area contributed by atoms with E-state index in [9.17, 15) is 24.9 Å². The van der Waals surface area contributed by atoms with Gasteiger partial charge in [-0.3, -0.25) is 14.4 Å². The Morgan fingerprint density at radius 1 is 1.15 bits per heavy atom. The Labute approximate surface area is 245 Å². The third-order valence-corrected chi connectivity index (χ3v) is 9.41. The van der Waals surface area contributed by atoms with Crippen molar-refractivity contribution in [3.63, 3.8) is 0 Å². The van der Waals surface area contributed by atoms with E-state index in [0.29, 0.717) is 31.3 Å². The number of fused-ring (bicyclic) bond motifs is 3. The van der Waals surface area contributed by atoms with Crippen LogP contribution in [0.5, 0.6) is 0 Å². The van der Waals surface area contributed by atoms with E-state index in [4.69, 9.17) is 24.1 Å². The molecule has 0 aliphatic carbocycles. The summed E-state index contributed by atoms with van der Waals surface area (Å²) in [5.74, 6) is 0.868. The third kappa shape index (κ3) is 9.37. The van der Waals surface area contributed by atoms with E-state index in [2.05, 4.69) is 24.5 Å². The van der Waals surface area contributed by atoms with E-state index in [1.54, 1.807) is 0 Å². The number of hydrogen-bond donors (Lipinski definition) is 6. The molecule has 4 aliphatic heterocycles. The van der Waals surface area contributed by atoms with Crippen LogP contribution in [-0.4, -0.2) is 112 Å². The van der Waals surface area contributed by atoms with E-state index in [-0.39, 0.29) is 36.3 Å². The molecule has 3 saturated heterocycles. The zero-order valence-corrected chi connectivity index (χ0v) is 24.8. The monoisotopic (exact) mass is 602 g/mol. The molecule has 0 aromatic rings. The van der Waals surface area contributed by atoms with Gasteiger partial charge in [0.1, 0.15) is 42.5 Å². The maximum atomic E-state index is 13.5. The maximum absolute atomic E-state index is 13.5. The SMILES string of the molecule is CC(=O)OC[C@@H]1C/C=C\C[C@@H](NC(=O)[C@H]2NC[C@@H]3C[C@H](CC(C)C)CCO[C@H]32)[C@H]2O[C@H](S1)[C@H](O)[C@@H](O)[C@H]2O.O=CO. The number of hydrogen-bond acceptors (Lipinski definition) is 11. The van der Waals surface area contributed by atoms with Crippen molar-refractivity contribution in [2.75, 3.05) is 19.8 Å². The van der Waals surface area contributed by atoms with Crippen LogP contribution in [0.2, 0.25) is 0 Å². The molecule has 0 aromatic heterocycles. The average Bonchev–Trinajstić information content (AvgIpc) is 3.20. The molecule has 12 nitrogen and oxygen atoms in total. The fourth-order valence-corrected chi connectivity index (χ4v) is 7.45. The summed E-state index contributed by atoms with van der Waals surface area (Å²) in [7, 11) is 0. The first-order valence-electron chi connectivity index (χ1n) is 14.4. The van der Waals surface area contributed by atoms with Crippen molar-refractivity contribution in [3.05, 3.63) is 12.2 Å². The smallest absolute Gasteiger partial charge is 0.302 e. The van der Waals surface area contributed by atoms with Gasteiger partial charge in [0.2, 0.25) is 5.91 Å². The number of carbonyl (C=O) groups is 3. The van der Waals surface area contributed by atoms with E-state index >= 15 is 0 Å². The van der Waals surface area contributed by atoms with E-state index < -0.39 is 47.9 Å². The minimum absolute atomic E-state index is 0.133. The number of thioether (sulfide) groups is 1. The number of esters is 1. The number of rotatable bonds is 6. The second-order valence-electron chi connectivity index (χ2n) is 11.7. The molecule has 4 aliphatic rings. The molecule has 2 bridgehead atoms. The second-order valence-corrected chi connectivity index (χ2v) is 13.1. The van der Waals surface area contributed by atoms with Gasteiger partial charge in [-0.2, -0.15) is 0 Å². The molecule has 6 N–H and O–H groups in total. The van der Waals surface area contributed by atoms with Crippen LogP contribution in [0, 0.1) is 17.8 Å². The largest absolute Gasteiger partial charge is 0.483 e. The predicted molar refractivity (Wildman–Crippen MR) is 151 cm³/mol. The molecule has 1 amide bonds. The fourth-order valence-electron chi connectivity index (χ4n) is 6.19. The van der Waals surface area contributed by atoms with Gasteiger partial charge in [-0.1, -0.05) is 26.0 Å². The van der Waals surface area contributed by atoms with Gasteiger partial charge in [0, 0.05) is 25.3 Å². The molecule has 41 heavy (non-hydrogen) atoms. The summed E-state index contributed by atoms with van der Waals surface area (Å²) in [6, 6.07) is -1.13. The molecule has 0 aromatic carbocycles. The van der Waals surface area contributed by atoms with Gasteiger partial charge >= 0.3 is 5.97 Å². The lowest BCUT2D eigenvalue weighted by molar-refractivity contribution is -0.205. The zero-order chi connectivity index (χ0) is 30.1. The van der Waals surface area contributed by atoms with Crippen molar-refractivity contribution in [2.45, 2.75) is 106 Å². The highest BCUT2D eigenvalue weighted by Crippen LogP contribution is 2.36. The van der Waals surface area contributed by atoms with Crippen molar-refractivity contribution in [1.82, 2.24) is 10.6 Å². The average molecular weight is 603 g/mol. The van der Waals surface area contributed by atoms with Crippen LogP contribution in [0.15, 0.2) is 12.2 Å². The minimum Gasteiger partial charge on any atom is -0.483 e. The van der Waals surface area contributed by atoms with Crippen LogP contribution in [0.3, 0.4) is 0 Å². The highest BCUT2D eigenvalue weighted by Gasteiger charge is 2.49. The number of nitrogens with one attached hydrogen (secondary N) is 2. The maximum Gasteiger partial charge on any atom is 0.302 e. The van der Waals surface area contributed by atoms with Gasteiger partial charge in [-0.25, -0.2) is 0 Å². The third-order valence-electron chi connectivity index (χ3n) is 8.04. The van der Waals surface area contributed by atoms with Gasteiger partial charge in [0.25, 0.3) is 6.47 Å². The number of carbonyl (C=O) groups excluding carboxylic acids is 2. The summed E-state index contributed by atoms with van der Waals surface area (Å²) in [5, 5.41) is 45.2. The molecule has 11 atom stereocenters. The highest BCUT2D eigenvalue weighted by atomic mass is 32.2. The Morgan fingerprint density at radius 3 is 2.54 bits per heavy atom. The molecule has 4 heterocycles. The van der Waals surface area contributed by atoms with Crippen molar-refractivity contribution in [2.24, 2.45) is 17.8 Å². The molecule has 13 heteroatoms. The van der Waals surface area contributed by atoms with Gasteiger partial charge in [0.05, 0.1) is 12.1 Å². The van der Waals surface area contributed by atoms with Crippen LogP contribution in [0.1, 0.15) is 52.9 Å². The lowest BCUT2D eigenvalue weighted by atomic mass is 9.85. The topological polar surface area (TPSA) is 184 Å². The summed E-state index contributed by atoms with van der Waals surface area (Å²) in [6.07, 6.45) is 2.66. The molecular weight excluding hydrogens is 556 g/mol. The summed E-state index contributed by atoms with van der Waals surface area (Å²) in [6.45, 7) is 7.05.